The number of nitrogens with zero attached hydrogens (tertiary/aromatic N) is 2. The number of carbonyl (C=O) groups excluding carboxylic acids is 1. The summed E-state index contributed by atoms with van der Waals surface area (Å²) in [7, 11) is -1.94. The zero-order chi connectivity index (χ0) is 20.9. The highest BCUT2D eigenvalue weighted by Gasteiger charge is 2.13. The van der Waals surface area contributed by atoms with E-state index in [1.54, 1.807) is 19.1 Å². The van der Waals surface area contributed by atoms with Crippen LogP contribution >= 0.6 is 15.9 Å². The normalized spacial score (nSPS) is 11.4. The van der Waals surface area contributed by atoms with Crippen molar-refractivity contribution < 1.29 is 23.1 Å². The molecule has 1 amide bonds. The lowest BCUT2D eigenvalue weighted by Gasteiger charge is -2.16. The Kier molecular flexibility index (Phi) is 7.03. The van der Waals surface area contributed by atoms with Crippen molar-refractivity contribution in [2.45, 2.75) is 6.92 Å². The number of sulfonamides is 1. The number of hydrogen-bond acceptors (Lipinski definition) is 6. The third-order valence-electron chi connectivity index (χ3n) is 3.72. The summed E-state index contributed by atoms with van der Waals surface area (Å²) in [6.45, 7) is 2.19. The predicted octanol–water partition coefficient (Wildman–Crippen LogP) is 2.71. The maximum absolute atomic E-state index is 12.2. The number of aromatic hydroxyl groups is 1. The molecule has 0 radical (unpaired) electrons. The standard InChI is InChI=1S/C18H20BrN3O5S/c1-4-27-16-10-12(9-15(19)17(16)23)11-20-21-18(24)13-5-7-14(8-6-13)22(2)28(3,25)26/h5-11,23H,4H2,1-3H3,(H,21,24)/b20-11-. The van der Waals surface area contributed by atoms with E-state index in [0.29, 0.717) is 33.6 Å². The zero-order valence-corrected chi connectivity index (χ0v) is 17.9. The summed E-state index contributed by atoms with van der Waals surface area (Å²) in [5.74, 6) is -0.162. The largest absolute Gasteiger partial charge is 0.503 e. The molecular formula is C18H20BrN3O5S. The van der Waals surface area contributed by atoms with Crippen LogP contribution in [0.5, 0.6) is 11.5 Å². The van der Waals surface area contributed by atoms with Crippen LogP contribution in [0.15, 0.2) is 46.0 Å². The molecule has 0 unspecified atom stereocenters. The number of halogens is 1. The molecule has 8 nitrogen and oxygen atoms in total. The second-order valence-electron chi connectivity index (χ2n) is 5.76. The minimum atomic E-state index is -3.37. The van der Waals surface area contributed by atoms with Gasteiger partial charge in [-0.05, 0) is 64.8 Å². The Balaban J connectivity index is 2.08. The summed E-state index contributed by atoms with van der Waals surface area (Å²) >= 11 is 3.23. The summed E-state index contributed by atoms with van der Waals surface area (Å²) in [6.07, 6.45) is 2.51. The van der Waals surface area contributed by atoms with Crippen molar-refractivity contribution in [1.29, 1.82) is 0 Å². The van der Waals surface area contributed by atoms with E-state index in [0.717, 1.165) is 10.6 Å². The molecule has 28 heavy (non-hydrogen) atoms. The lowest BCUT2D eigenvalue weighted by molar-refractivity contribution is 0.0955. The number of rotatable bonds is 7. The molecule has 0 saturated heterocycles. The van der Waals surface area contributed by atoms with E-state index < -0.39 is 15.9 Å². The van der Waals surface area contributed by atoms with Gasteiger partial charge in [-0.15, -0.1) is 0 Å². The molecule has 150 valence electrons. The van der Waals surface area contributed by atoms with Gasteiger partial charge in [0.05, 0.1) is 29.2 Å². The molecule has 0 aromatic heterocycles. The van der Waals surface area contributed by atoms with Gasteiger partial charge in [-0.25, -0.2) is 13.8 Å². The van der Waals surface area contributed by atoms with Crippen molar-refractivity contribution in [2.24, 2.45) is 5.10 Å². The van der Waals surface area contributed by atoms with Crippen LogP contribution in [0, 0.1) is 0 Å². The molecule has 2 aromatic carbocycles. The minimum Gasteiger partial charge on any atom is -0.503 e. The summed E-state index contributed by atoms with van der Waals surface area (Å²) in [6, 6.07) is 9.30. The average molecular weight is 470 g/mol. The van der Waals surface area contributed by atoms with Gasteiger partial charge in [0.15, 0.2) is 11.5 Å². The first-order valence-electron chi connectivity index (χ1n) is 8.16. The molecule has 10 heteroatoms. The van der Waals surface area contributed by atoms with Crippen LogP contribution in [0.25, 0.3) is 0 Å². The van der Waals surface area contributed by atoms with Gasteiger partial charge in [0.1, 0.15) is 0 Å². The maximum atomic E-state index is 12.2. The van der Waals surface area contributed by atoms with Gasteiger partial charge < -0.3 is 9.84 Å². The zero-order valence-electron chi connectivity index (χ0n) is 15.5. The lowest BCUT2D eigenvalue weighted by atomic mass is 10.2. The number of benzene rings is 2. The van der Waals surface area contributed by atoms with Crippen LogP contribution in [0.4, 0.5) is 5.69 Å². The third kappa shape index (κ3) is 5.46. The van der Waals surface area contributed by atoms with Crippen LogP contribution in [0.1, 0.15) is 22.8 Å². The topological polar surface area (TPSA) is 108 Å². The summed E-state index contributed by atoms with van der Waals surface area (Å²) in [5.41, 5.74) is 3.77. The van der Waals surface area contributed by atoms with Gasteiger partial charge >= 0.3 is 0 Å². The van der Waals surface area contributed by atoms with E-state index in [-0.39, 0.29) is 5.75 Å². The Morgan fingerprint density at radius 2 is 1.96 bits per heavy atom. The Morgan fingerprint density at radius 1 is 1.32 bits per heavy atom. The van der Waals surface area contributed by atoms with E-state index in [1.165, 1.54) is 37.5 Å². The second kappa shape index (κ2) is 9.07. The molecule has 0 saturated carbocycles. The molecule has 2 aromatic rings. The van der Waals surface area contributed by atoms with Crippen LogP contribution < -0.4 is 14.5 Å². The highest BCUT2D eigenvalue weighted by Crippen LogP contribution is 2.35. The van der Waals surface area contributed by atoms with Crippen molar-refractivity contribution in [1.82, 2.24) is 5.43 Å². The molecule has 0 bridgehead atoms. The minimum absolute atomic E-state index is 0.0119. The van der Waals surface area contributed by atoms with Crippen molar-refractivity contribution >= 4 is 43.8 Å². The fraction of sp³-hybridized carbons (Fsp3) is 0.222. The molecule has 0 atom stereocenters. The summed E-state index contributed by atoms with van der Waals surface area (Å²) < 4.78 is 30.0. The van der Waals surface area contributed by atoms with Gasteiger partial charge in [-0.1, -0.05) is 0 Å². The first-order valence-corrected chi connectivity index (χ1v) is 10.8. The number of hydrogen-bond donors (Lipinski definition) is 2. The van der Waals surface area contributed by atoms with Crippen LogP contribution in [-0.2, 0) is 10.0 Å². The van der Waals surface area contributed by atoms with Crippen molar-refractivity contribution in [3.05, 3.63) is 52.0 Å². The molecule has 2 rings (SSSR count). The smallest absolute Gasteiger partial charge is 0.271 e. The Bertz CT molecular complexity index is 991. The monoisotopic (exact) mass is 469 g/mol. The van der Waals surface area contributed by atoms with Crippen LogP contribution in [-0.4, -0.2) is 45.6 Å². The van der Waals surface area contributed by atoms with Gasteiger partial charge in [0.25, 0.3) is 5.91 Å². The quantitative estimate of drug-likeness (QED) is 0.478. The number of ether oxygens (including phenoxy) is 1. The Hall–Kier alpha value is -2.59. The highest BCUT2D eigenvalue weighted by molar-refractivity contribution is 9.10. The number of carbonyl (C=O) groups is 1. The van der Waals surface area contributed by atoms with Gasteiger partial charge in [-0.2, -0.15) is 5.10 Å². The Morgan fingerprint density at radius 3 is 2.54 bits per heavy atom. The number of amides is 1. The molecule has 0 heterocycles. The van der Waals surface area contributed by atoms with Crippen molar-refractivity contribution in [2.75, 3.05) is 24.2 Å². The number of phenolic OH excluding ortho intramolecular Hbond substituents is 1. The molecule has 0 fully saturated rings. The van der Waals surface area contributed by atoms with E-state index in [4.69, 9.17) is 4.74 Å². The van der Waals surface area contributed by atoms with E-state index in [9.17, 15) is 18.3 Å². The molecular weight excluding hydrogens is 450 g/mol. The van der Waals surface area contributed by atoms with Crippen molar-refractivity contribution in [3.8, 4) is 11.5 Å². The highest BCUT2D eigenvalue weighted by atomic mass is 79.9. The van der Waals surface area contributed by atoms with Crippen LogP contribution in [0.2, 0.25) is 0 Å². The van der Waals surface area contributed by atoms with Gasteiger partial charge in [-0.3, -0.25) is 9.10 Å². The third-order valence-corrected chi connectivity index (χ3v) is 5.53. The van der Waals surface area contributed by atoms with Gasteiger partial charge in [0.2, 0.25) is 10.0 Å². The second-order valence-corrected chi connectivity index (χ2v) is 8.63. The van der Waals surface area contributed by atoms with Crippen molar-refractivity contribution in [3.63, 3.8) is 0 Å². The molecule has 0 aliphatic carbocycles. The first kappa shape index (κ1) is 21.7. The Labute approximate surface area is 172 Å². The number of hydrazone groups is 1. The van der Waals surface area contributed by atoms with E-state index >= 15 is 0 Å². The fourth-order valence-electron chi connectivity index (χ4n) is 2.18. The first-order chi connectivity index (χ1) is 13.1. The molecule has 0 aliphatic heterocycles. The average Bonchev–Trinajstić information content (AvgIpc) is 2.64. The molecule has 0 aliphatic rings. The predicted molar refractivity (Wildman–Crippen MR) is 112 cm³/mol. The van der Waals surface area contributed by atoms with Gasteiger partial charge in [0, 0.05) is 12.6 Å². The molecule has 2 N–H and O–H groups in total. The SMILES string of the molecule is CCOc1cc(/C=N\NC(=O)c2ccc(N(C)S(C)(=O)=O)cc2)cc(Br)c1O. The number of nitrogens with one attached hydrogen (secondary N) is 1. The number of anilines is 1. The summed E-state index contributed by atoms with van der Waals surface area (Å²) in [4.78, 5) is 12.2. The molecule has 0 spiro atoms. The number of phenols is 1. The maximum Gasteiger partial charge on any atom is 0.271 e. The summed E-state index contributed by atoms with van der Waals surface area (Å²) in [5, 5.41) is 13.8. The van der Waals surface area contributed by atoms with E-state index in [1.807, 2.05) is 0 Å². The van der Waals surface area contributed by atoms with Crippen LogP contribution in [0.3, 0.4) is 0 Å². The lowest BCUT2D eigenvalue weighted by Crippen LogP contribution is -2.25. The fourth-order valence-corrected chi connectivity index (χ4v) is 3.14. The van der Waals surface area contributed by atoms with E-state index in [2.05, 4.69) is 26.5 Å².